The molecule has 0 aliphatic heterocycles. The highest BCUT2D eigenvalue weighted by Gasteiger charge is 2.36. The Bertz CT molecular complexity index is 348. The van der Waals surface area contributed by atoms with Crippen LogP contribution < -0.4 is 5.32 Å². The van der Waals surface area contributed by atoms with E-state index in [0.29, 0.717) is 6.54 Å². The van der Waals surface area contributed by atoms with Crippen LogP contribution in [0.1, 0.15) is 24.5 Å². The zero-order valence-corrected chi connectivity index (χ0v) is 9.61. The van der Waals surface area contributed by atoms with Gasteiger partial charge in [-0.2, -0.15) is 11.3 Å². The van der Waals surface area contributed by atoms with Crippen LogP contribution in [0.25, 0.3) is 0 Å². The summed E-state index contributed by atoms with van der Waals surface area (Å²) >= 11 is 1.52. The summed E-state index contributed by atoms with van der Waals surface area (Å²) in [7, 11) is 0. The summed E-state index contributed by atoms with van der Waals surface area (Å²) in [6.07, 6.45) is 1.32. The van der Waals surface area contributed by atoms with Gasteiger partial charge in [0.05, 0.1) is 6.10 Å². The summed E-state index contributed by atoms with van der Waals surface area (Å²) in [5, 5.41) is 25.5. The summed E-state index contributed by atoms with van der Waals surface area (Å²) in [5.74, 6) is -0.577. The Morgan fingerprint density at radius 3 is 2.88 bits per heavy atom. The molecule has 0 aromatic carbocycles. The van der Waals surface area contributed by atoms with Gasteiger partial charge >= 0.3 is 5.97 Å². The summed E-state index contributed by atoms with van der Waals surface area (Å²) < 4.78 is 0. The highest BCUT2D eigenvalue weighted by atomic mass is 32.1. The molecule has 1 aliphatic carbocycles. The van der Waals surface area contributed by atoms with Gasteiger partial charge in [-0.05, 0) is 41.1 Å². The molecule has 2 rings (SSSR count). The Labute approximate surface area is 97.9 Å². The van der Waals surface area contributed by atoms with Crippen molar-refractivity contribution in [1.82, 2.24) is 5.32 Å². The maximum atomic E-state index is 10.9. The van der Waals surface area contributed by atoms with E-state index >= 15 is 0 Å². The summed E-state index contributed by atoms with van der Waals surface area (Å²) in [6, 6.07) is 1.34. The molecule has 16 heavy (non-hydrogen) atoms. The van der Waals surface area contributed by atoms with Crippen molar-refractivity contribution in [3.8, 4) is 0 Å². The second-order valence-corrected chi connectivity index (χ2v) is 4.91. The van der Waals surface area contributed by atoms with Crippen LogP contribution in [0.5, 0.6) is 0 Å². The SMILES string of the molecule is O=C(O)C(NCC(O)c1ccsc1)C1CC1. The zero-order chi connectivity index (χ0) is 11.5. The molecule has 0 bridgehead atoms. The molecule has 1 saturated carbocycles. The van der Waals surface area contributed by atoms with E-state index in [1.165, 1.54) is 11.3 Å². The number of carboxylic acids is 1. The molecule has 1 fully saturated rings. The van der Waals surface area contributed by atoms with Gasteiger partial charge in [0.15, 0.2) is 0 Å². The maximum Gasteiger partial charge on any atom is 0.320 e. The molecule has 1 aliphatic rings. The number of hydrogen-bond acceptors (Lipinski definition) is 4. The van der Waals surface area contributed by atoms with Gasteiger partial charge in [0.1, 0.15) is 6.04 Å². The van der Waals surface area contributed by atoms with Gasteiger partial charge < -0.3 is 15.5 Å². The second-order valence-electron chi connectivity index (χ2n) is 4.13. The molecule has 88 valence electrons. The number of rotatable bonds is 6. The quantitative estimate of drug-likeness (QED) is 0.700. The topological polar surface area (TPSA) is 69.6 Å². The third kappa shape index (κ3) is 2.81. The summed E-state index contributed by atoms with van der Waals surface area (Å²) in [4.78, 5) is 10.9. The predicted octanol–water partition coefficient (Wildman–Crippen LogP) is 1.23. The van der Waals surface area contributed by atoms with Gasteiger partial charge in [0.25, 0.3) is 0 Å². The molecule has 0 radical (unpaired) electrons. The highest BCUT2D eigenvalue weighted by molar-refractivity contribution is 7.07. The zero-order valence-electron chi connectivity index (χ0n) is 8.80. The van der Waals surface area contributed by atoms with Crippen molar-refractivity contribution in [2.45, 2.75) is 25.0 Å². The van der Waals surface area contributed by atoms with Gasteiger partial charge in [-0.15, -0.1) is 0 Å². The molecular weight excluding hydrogens is 226 g/mol. The van der Waals surface area contributed by atoms with Gasteiger partial charge in [-0.3, -0.25) is 4.79 Å². The van der Waals surface area contributed by atoms with E-state index in [0.717, 1.165) is 18.4 Å². The minimum absolute atomic E-state index is 0.243. The molecular formula is C11H15NO3S. The highest BCUT2D eigenvalue weighted by Crippen LogP contribution is 2.32. The van der Waals surface area contributed by atoms with Crippen molar-refractivity contribution < 1.29 is 15.0 Å². The van der Waals surface area contributed by atoms with E-state index in [-0.39, 0.29) is 5.92 Å². The van der Waals surface area contributed by atoms with Crippen molar-refractivity contribution in [2.75, 3.05) is 6.54 Å². The third-order valence-corrected chi connectivity index (χ3v) is 3.52. The fourth-order valence-corrected chi connectivity index (χ4v) is 2.41. The number of aliphatic hydroxyl groups excluding tert-OH is 1. The van der Waals surface area contributed by atoms with Crippen LogP contribution in [0, 0.1) is 5.92 Å². The van der Waals surface area contributed by atoms with Crippen molar-refractivity contribution in [3.63, 3.8) is 0 Å². The first-order chi connectivity index (χ1) is 7.68. The Hall–Kier alpha value is -0.910. The fraction of sp³-hybridized carbons (Fsp3) is 0.545. The van der Waals surface area contributed by atoms with Gasteiger partial charge in [-0.25, -0.2) is 0 Å². The van der Waals surface area contributed by atoms with E-state index in [1.54, 1.807) is 0 Å². The van der Waals surface area contributed by atoms with Crippen LogP contribution >= 0.6 is 11.3 Å². The largest absolute Gasteiger partial charge is 0.480 e. The van der Waals surface area contributed by atoms with Crippen LogP contribution in [0.15, 0.2) is 16.8 Å². The molecule has 2 unspecified atom stereocenters. The lowest BCUT2D eigenvalue weighted by molar-refractivity contribution is -0.140. The average Bonchev–Trinajstić information content (AvgIpc) is 2.93. The van der Waals surface area contributed by atoms with Crippen molar-refractivity contribution in [3.05, 3.63) is 22.4 Å². The molecule has 1 heterocycles. The number of nitrogens with one attached hydrogen (secondary N) is 1. The molecule has 5 heteroatoms. The lowest BCUT2D eigenvalue weighted by atomic mass is 10.1. The van der Waals surface area contributed by atoms with Crippen molar-refractivity contribution in [2.24, 2.45) is 5.92 Å². The van der Waals surface area contributed by atoms with Gasteiger partial charge in [-0.1, -0.05) is 0 Å². The van der Waals surface area contributed by atoms with E-state index in [4.69, 9.17) is 5.11 Å². The van der Waals surface area contributed by atoms with Crippen LogP contribution in [0.4, 0.5) is 0 Å². The molecule has 0 saturated heterocycles. The first kappa shape index (κ1) is 11.6. The van der Waals surface area contributed by atoms with Gasteiger partial charge in [0.2, 0.25) is 0 Å². The monoisotopic (exact) mass is 241 g/mol. The van der Waals surface area contributed by atoms with Crippen molar-refractivity contribution in [1.29, 1.82) is 0 Å². The fourth-order valence-electron chi connectivity index (χ4n) is 1.71. The standard InChI is InChI=1S/C11H15NO3S/c13-9(8-3-4-16-6-8)5-12-10(11(14)15)7-1-2-7/h3-4,6-7,9-10,12-13H,1-2,5H2,(H,14,15). The van der Waals surface area contributed by atoms with Crippen LogP contribution in [-0.4, -0.2) is 28.8 Å². The molecule has 2 atom stereocenters. The van der Waals surface area contributed by atoms with E-state index in [9.17, 15) is 9.90 Å². The molecule has 0 spiro atoms. The number of aliphatic hydroxyl groups is 1. The van der Waals surface area contributed by atoms with Crippen molar-refractivity contribution >= 4 is 17.3 Å². The van der Waals surface area contributed by atoms with Crippen LogP contribution in [0.3, 0.4) is 0 Å². The van der Waals surface area contributed by atoms with E-state index in [1.807, 2.05) is 16.8 Å². The summed E-state index contributed by atoms with van der Waals surface area (Å²) in [5.41, 5.74) is 0.845. The van der Waals surface area contributed by atoms with E-state index < -0.39 is 18.1 Å². The van der Waals surface area contributed by atoms with Crippen LogP contribution in [-0.2, 0) is 4.79 Å². The first-order valence-corrected chi connectivity index (χ1v) is 6.29. The lowest BCUT2D eigenvalue weighted by Crippen LogP contribution is -2.40. The van der Waals surface area contributed by atoms with E-state index in [2.05, 4.69) is 5.32 Å². The number of carbonyl (C=O) groups is 1. The number of aliphatic carboxylic acids is 1. The smallest absolute Gasteiger partial charge is 0.320 e. The minimum Gasteiger partial charge on any atom is -0.480 e. The Balaban J connectivity index is 1.83. The molecule has 0 amide bonds. The molecule has 1 aromatic heterocycles. The molecule has 4 nitrogen and oxygen atoms in total. The predicted molar refractivity (Wildman–Crippen MR) is 61.4 cm³/mol. The molecule has 1 aromatic rings. The van der Waals surface area contributed by atoms with Gasteiger partial charge in [0, 0.05) is 6.54 Å². The average molecular weight is 241 g/mol. The minimum atomic E-state index is -0.819. The first-order valence-electron chi connectivity index (χ1n) is 5.35. The second kappa shape index (κ2) is 4.95. The Morgan fingerprint density at radius 2 is 2.38 bits per heavy atom. The summed E-state index contributed by atoms with van der Waals surface area (Å²) in [6.45, 7) is 0.296. The molecule has 3 N–H and O–H groups in total. The third-order valence-electron chi connectivity index (χ3n) is 2.82. The number of hydrogen-bond donors (Lipinski definition) is 3. The maximum absolute atomic E-state index is 10.9. The normalized spacial score (nSPS) is 19.3. The number of thiophene rings is 1. The van der Waals surface area contributed by atoms with Crippen LogP contribution in [0.2, 0.25) is 0 Å². The number of carboxylic acid groups (broad SMARTS) is 1. The Kier molecular flexibility index (Phi) is 3.58. The Morgan fingerprint density at radius 1 is 1.62 bits per heavy atom. The lowest BCUT2D eigenvalue weighted by Gasteiger charge is -2.16.